The molecule has 11 heavy (non-hydrogen) atoms. The van der Waals surface area contributed by atoms with Gasteiger partial charge >= 0.3 is 0 Å². The fourth-order valence-corrected chi connectivity index (χ4v) is 1.62. The normalized spacial score (nSPS) is 21.6. The Hall–Kier alpha value is -0.200. The first-order valence-corrected chi connectivity index (χ1v) is 4.25. The molecule has 1 aliphatic carbocycles. The van der Waals surface area contributed by atoms with Gasteiger partial charge in [0.05, 0.1) is 0 Å². The van der Waals surface area contributed by atoms with Gasteiger partial charge in [-0.1, -0.05) is 30.3 Å². The van der Waals surface area contributed by atoms with Crippen molar-refractivity contribution >= 4 is 23.2 Å². The number of halogens is 2. The first-order valence-electron chi connectivity index (χ1n) is 3.50. The topological polar surface area (TPSA) is 0 Å². The van der Waals surface area contributed by atoms with Crippen molar-refractivity contribution in [2.75, 3.05) is 0 Å². The Labute approximate surface area is 76.1 Å². The summed E-state index contributed by atoms with van der Waals surface area (Å²) in [4.78, 5) is 0. The summed E-state index contributed by atoms with van der Waals surface area (Å²) in [5.74, 6) is 1.14. The van der Waals surface area contributed by atoms with Gasteiger partial charge in [0.2, 0.25) is 0 Å². The number of benzene rings is 1. The van der Waals surface area contributed by atoms with Crippen LogP contribution in [0.4, 0.5) is 0 Å². The van der Waals surface area contributed by atoms with Gasteiger partial charge in [0.1, 0.15) is 4.33 Å². The summed E-state index contributed by atoms with van der Waals surface area (Å²) in [6.07, 6.45) is 0.806. The number of hydrogen-bond donors (Lipinski definition) is 0. The molecule has 1 saturated carbocycles. The molecule has 1 fully saturated rings. The maximum atomic E-state index is 5.87. The van der Waals surface area contributed by atoms with Crippen LogP contribution < -0.4 is 0 Å². The lowest BCUT2D eigenvalue weighted by atomic mass is 10.1. The molecule has 0 unspecified atom stereocenters. The average Bonchev–Trinajstić information content (AvgIpc) is 2.62. The van der Waals surface area contributed by atoms with Gasteiger partial charge in [-0.25, -0.2) is 0 Å². The molecular weight excluding hydrogens is 179 g/mol. The van der Waals surface area contributed by atoms with Gasteiger partial charge in [-0.2, -0.15) is 0 Å². The van der Waals surface area contributed by atoms with Crippen molar-refractivity contribution in [1.29, 1.82) is 0 Å². The number of hydrogen-bond acceptors (Lipinski definition) is 0. The Bertz CT molecular complexity index is 254. The highest BCUT2D eigenvalue weighted by atomic mass is 35.5. The monoisotopic (exact) mass is 185 g/mol. The van der Waals surface area contributed by atoms with E-state index >= 15 is 0 Å². The molecule has 1 aromatic carbocycles. The molecule has 0 amide bonds. The summed E-state index contributed by atoms with van der Waals surface area (Å²) in [5.41, 5.74) is 1.16. The van der Waals surface area contributed by atoms with Crippen LogP contribution in [0.25, 0.3) is 0 Å². The van der Waals surface area contributed by atoms with Gasteiger partial charge in [0.25, 0.3) is 0 Å². The van der Waals surface area contributed by atoms with Crippen LogP contribution in [-0.4, -0.2) is 4.33 Å². The Morgan fingerprint density at radius 3 is 2.09 bits per heavy atom. The lowest BCUT2D eigenvalue weighted by Gasteiger charge is -1.97. The zero-order chi connectivity index (χ0) is 7.90. The Morgan fingerprint density at radius 1 is 1.09 bits per heavy atom. The van der Waals surface area contributed by atoms with Crippen LogP contribution in [0.3, 0.4) is 0 Å². The van der Waals surface area contributed by atoms with Gasteiger partial charge in [-0.3, -0.25) is 0 Å². The fraction of sp³-hybridized carbons (Fsp3) is 0.222. The summed E-state index contributed by atoms with van der Waals surface area (Å²) in [7, 11) is 0. The van der Waals surface area contributed by atoms with Crippen molar-refractivity contribution in [2.45, 2.75) is 10.8 Å². The molecule has 57 valence electrons. The van der Waals surface area contributed by atoms with Gasteiger partial charge < -0.3 is 0 Å². The largest absolute Gasteiger partial charge is 0.130 e. The SMILES string of the molecule is ClC1(Cl)C[C]1c1ccccc1. The Kier molecular flexibility index (Phi) is 1.62. The standard InChI is InChI=1S/C9H7Cl2/c10-9(11)6-8(9)7-4-2-1-3-5-7/h1-5H,6H2. The third-order valence-corrected chi connectivity index (χ3v) is 2.56. The highest BCUT2D eigenvalue weighted by molar-refractivity contribution is 6.53. The van der Waals surface area contributed by atoms with E-state index in [4.69, 9.17) is 23.2 Å². The molecule has 0 aliphatic heterocycles. The zero-order valence-corrected chi connectivity index (χ0v) is 7.36. The van der Waals surface area contributed by atoms with Crippen molar-refractivity contribution in [2.24, 2.45) is 0 Å². The highest BCUT2D eigenvalue weighted by Gasteiger charge is 2.53. The van der Waals surface area contributed by atoms with Gasteiger partial charge in [0.15, 0.2) is 0 Å². The van der Waals surface area contributed by atoms with E-state index < -0.39 is 4.33 Å². The molecule has 2 rings (SSSR count). The molecule has 1 aliphatic rings. The lowest BCUT2D eigenvalue weighted by molar-refractivity contribution is 1.35. The second-order valence-corrected chi connectivity index (χ2v) is 4.21. The minimum atomic E-state index is -0.568. The third kappa shape index (κ3) is 1.38. The second-order valence-electron chi connectivity index (χ2n) is 2.73. The van der Waals surface area contributed by atoms with Crippen LogP contribution in [0, 0.1) is 5.92 Å². The maximum absolute atomic E-state index is 5.87. The summed E-state index contributed by atoms with van der Waals surface area (Å²) < 4.78 is -0.568. The molecule has 0 atom stereocenters. The van der Waals surface area contributed by atoms with E-state index in [1.54, 1.807) is 0 Å². The van der Waals surface area contributed by atoms with Crippen LogP contribution in [0.1, 0.15) is 12.0 Å². The minimum absolute atomic E-state index is 0.568. The summed E-state index contributed by atoms with van der Waals surface area (Å²) in [6, 6.07) is 10.0. The van der Waals surface area contributed by atoms with E-state index in [1.807, 2.05) is 30.3 Å². The van der Waals surface area contributed by atoms with Crippen molar-refractivity contribution < 1.29 is 0 Å². The van der Waals surface area contributed by atoms with Gasteiger partial charge in [-0.15, -0.1) is 23.2 Å². The van der Waals surface area contributed by atoms with E-state index in [-0.39, 0.29) is 0 Å². The second kappa shape index (κ2) is 2.40. The summed E-state index contributed by atoms with van der Waals surface area (Å²) in [6.45, 7) is 0. The third-order valence-electron chi connectivity index (χ3n) is 1.84. The van der Waals surface area contributed by atoms with Crippen LogP contribution in [0.15, 0.2) is 30.3 Å². The van der Waals surface area contributed by atoms with Crippen LogP contribution >= 0.6 is 23.2 Å². The van der Waals surface area contributed by atoms with Crippen LogP contribution in [0.2, 0.25) is 0 Å². The summed E-state index contributed by atoms with van der Waals surface area (Å²) in [5, 5.41) is 0. The molecule has 0 spiro atoms. The van der Waals surface area contributed by atoms with Crippen LogP contribution in [0.5, 0.6) is 0 Å². The first-order chi connectivity index (χ1) is 5.20. The lowest BCUT2D eigenvalue weighted by Crippen LogP contribution is -1.89. The van der Waals surface area contributed by atoms with E-state index in [1.165, 1.54) is 0 Å². The van der Waals surface area contributed by atoms with Gasteiger partial charge in [0, 0.05) is 5.92 Å². The predicted octanol–water partition coefficient (Wildman–Crippen LogP) is 3.19. The molecular formula is C9H7Cl2. The molecule has 1 radical (unpaired) electrons. The van der Waals surface area contributed by atoms with Crippen molar-refractivity contribution in [3.8, 4) is 0 Å². The number of rotatable bonds is 1. The molecule has 0 nitrogen and oxygen atoms in total. The molecule has 0 saturated heterocycles. The van der Waals surface area contributed by atoms with Crippen LogP contribution in [-0.2, 0) is 0 Å². The fourth-order valence-electron chi connectivity index (χ4n) is 1.13. The minimum Gasteiger partial charge on any atom is -0.101 e. The zero-order valence-electron chi connectivity index (χ0n) is 5.85. The smallest absolute Gasteiger partial charge is 0.101 e. The average molecular weight is 186 g/mol. The molecule has 1 aromatic rings. The Morgan fingerprint density at radius 2 is 1.64 bits per heavy atom. The van der Waals surface area contributed by atoms with Crippen molar-refractivity contribution in [3.63, 3.8) is 0 Å². The first kappa shape index (κ1) is 7.45. The molecule has 0 bridgehead atoms. The van der Waals surface area contributed by atoms with Gasteiger partial charge in [-0.05, 0) is 12.0 Å². The Balaban J connectivity index is 2.21. The van der Waals surface area contributed by atoms with E-state index in [9.17, 15) is 0 Å². The predicted molar refractivity (Wildman–Crippen MR) is 47.8 cm³/mol. The number of alkyl halides is 2. The molecule has 0 aromatic heterocycles. The van der Waals surface area contributed by atoms with E-state index in [0.29, 0.717) is 0 Å². The molecule has 0 N–H and O–H groups in total. The molecule has 2 heteroatoms. The van der Waals surface area contributed by atoms with E-state index in [2.05, 4.69) is 0 Å². The molecule has 0 heterocycles. The quantitative estimate of drug-likeness (QED) is 0.591. The van der Waals surface area contributed by atoms with Crippen molar-refractivity contribution in [3.05, 3.63) is 41.8 Å². The van der Waals surface area contributed by atoms with E-state index in [0.717, 1.165) is 17.9 Å². The van der Waals surface area contributed by atoms with Crippen molar-refractivity contribution in [1.82, 2.24) is 0 Å². The maximum Gasteiger partial charge on any atom is 0.130 e. The summed E-state index contributed by atoms with van der Waals surface area (Å²) >= 11 is 11.7. The highest BCUT2D eigenvalue weighted by Crippen LogP contribution is 2.58.